The Morgan fingerprint density at radius 1 is 0.885 bits per heavy atom. The number of benzene rings is 2. The summed E-state index contributed by atoms with van der Waals surface area (Å²) in [5.74, 6) is 0.384. The van der Waals surface area contributed by atoms with Gasteiger partial charge < -0.3 is 15.4 Å². The van der Waals surface area contributed by atoms with Crippen molar-refractivity contribution < 1.29 is 14.3 Å². The largest absolute Gasteiger partial charge is 0.497 e. The zero-order chi connectivity index (χ0) is 19.1. The van der Waals surface area contributed by atoms with Crippen molar-refractivity contribution in [2.75, 3.05) is 37.9 Å². The number of ether oxygens (including phenoxy) is 1. The van der Waals surface area contributed by atoms with E-state index in [0.717, 1.165) is 22.6 Å². The SMILES string of the molecule is COc1ccc(NC(=O)CN(C)CC(=O)Nc2cc(C)cc(C)c2)cc1. The normalized spacial score (nSPS) is 10.5. The van der Waals surface area contributed by atoms with Crippen LogP contribution in [0, 0.1) is 13.8 Å². The molecule has 2 rings (SSSR count). The Bertz CT molecular complexity index is 752. The second-order valence-corrected chi connectivity index (χ2v) is 6.37. The molecular formula is C20H25N3O3. The fraction of sp³-hybridized carbons (Fsp3) is 0.300. The molecule has 0 atom stereocenters. The molecule has 0 aliphatic carbocycles. The first kappa shape index (κ1) is 19.5. The maximum atomic E-state index is 12.2. The third-order valence-electron chi connectivity index (χ3n) is 3.71. The van der Waals surface area contributed by atoms with Crippen LogP contribution in [0.5, 0.6) is 5.75 Å². The van der Waals surface area contributed by atoms with Gasteiger partial charge in [0.05, 0.1) is 20.2 Å². The Kier molecular flexibility index (Phi) is 6.74. The quantitative estimate of drug-likeness (QED) is 0.801. The number of carbonyl (C=O) groups excluding carboxylic acids is 2. The van der Waals surface area contributed by atoms with E-state index in [1.54, 1.807) is 43.3 Å². The molecule has 6 nitrogen and oxygen atoms in total. The predicted octanol–water partition coefficient (Wildman–Crippen LogP) is 2.82. The molecule has 0 aliphatic rings. The minimum atomic E-state index is -0.183. The van der Waals surface area contributed by atoms with Gasteiger partial charge in [-0.3, -0.25) is 14.5 Å². The lowest BCUT2D eigenvalue weighted by atomic mass is 10.1. The summed E-state index contributed by atoms with van der Waals surface area (Å²) in [7, 11) is 3.32. The monoisotopic (exact) mass is 355 g/mol. The highest BCUT2D eigenvalue weighted by atomic mass is 16.5. The van der Waals surface area contributed by atoms with Crippen LogP contribution in [-0.2, 0) is 9.59 Å². The van der Waals surface area contributed by atoms with Gasteiger partial charge >= 0.3 is 0 Å². The molecule has 0 radical (unpaired) electrons. The molecule has 0 aromatic heterocycles. The van der Waals surface area contributed by atoms with Crippen molar-refractivity contribution >= 4 is 23.2 Å². The average Bonchev–Trinajstić information content (AvgIpc) is 2.53. The first-order valence-electron chi connectivity index (χ1n) is 8.36. The average molecular weight is 355 g/mol. The van der Waals surface area contributed by atoms with Crippen LogP contribution in [0.1, 0.15) is 11.1 Å². The van der Waals surface area contributed by atoms with Crippen molar-refractivity contribution in [1.29, 1.82) is 0 Å². The molecule has 6 heteroatoms. The predicted molar refractivity (Wildman–Crippen MR) is 104 cm³/mol. The van der Waals surface area contributed by atoms with Crippen molar-refractivity contribution in [3.8, 4) is 5.75 Å². The molecular weight excluding hydrogens is 330 g/mol. The van der Waals surface area contributed by atoms with Crippen LogP contribution in [-0.4, -0.2) is 44.0 Å². The van der Waals surface area contributed by atoms with E-state index in [0.29, 0.717) is 5.69 Å². The van der Waals surface area contributed by atoms with E-state index < -0.39 is 0 Å². The molecule has 26 heavy (non-hydrogen) atoms. The van der Waals surface area contributed by atoms with Crippen molar-refractivity contribution in [2.24, 2.45) is 0 Å². The van der Waals surface area contributed by atoms with Gasteiger partial charge in [-0.1, -0.05) is 6.07 Å². The van der Waals surface area contributed by atoms with Gasteiger partial charge in [0.2, 0.25) is 11.8 Å². The fourth-order valence-electron chi connectivity index (χ4n) is 2.67. The molecule has 0 heterocycles. The number of hydrogen-bond acceptors (Lipinski definition) is 4. The van der Waals surface area contributed by atoms with E-state index in [1.165, 1.54) is 0 Å². The van der Waals surface area contributed by atoms with Gasteiger partial charge in [-0.25, -0.2) is 0 Å². The van der Waals surface area contributed by atoms with Gasteiger partial charge in [0.25, 0.3) is 0 Å². The van der Waals surface area contributed by atoms with Gasteiger partial charge in [-0.2, -0.15) is 0 Å². The van der Waals surface area contributed by atoms with E-state index in [-0.39, 0.29) is 24.9 Å². The number of carbonyl (C=O) groups is 2. The second-order valence-electron chi connectivity index (χ2n) is 6.37. The lowest BCUT2D eigenvalue weighted by molar-refractivity contribution is -0.119. The number of aryl methyl sites for hydroxylation is 2. The molecule has 2 N–H and O–H groups in total. The van der Waals surface area contributed by atoms with Crippen LogP contribution >= 0.6 is 0 Å². The summed E-state index contributed by atoms with van der Waals surface area (Å²) in [6.45, 7) is 4.21. The zero-order valence-electron chi connectivity index (χ0n) is 15.6. The van der Waals surface area contributed by atoms with E-state index in [4.69, 9.17) is 4.74 Å². The van der Waals surface area contributed by atoms with Crippen LogP contribution in [0.4, 0.5) is 11.4 Å². The van der Waals surface area contributed by atoms with Gasteiger partial charge in [0.15, 0.2) is 0 Å². The summed E-state index contributed by atoms with van der Waals surface area (Å²) in [6, 6.07) is 13.0. The molecule has 0 unspecified atom stereocenters. The van der Waals surface area contributed by atoms with Gasteiger partial charge in [-0.05, 0) is 68.4 Å². The summed E-state index contributed by atoms with van der Waals surface area (Å²) in [5.41, 5.74) is 3.63. The summed E-state index contributed by atoms with van der Waals surface area (Å²) in [5, 5.41) is 5.66. The third kappa shape index (κ3) is 6.22. The summed E-state index contributed by atoms with van der Waals surface area (Å²) in [4.78, 5) is 25.9. The Morgan fingerprint density at radius 2 is 1.38 bits per heavy atom. The van der Waals surface area contributed by atoms with E-state index in [9.17, 15) is 9.59 Å². The summed E-state index contributed by atoms with van der Waals surface area (Å²) in [6.07, 6.45) is 0. The van der Waals surface area contributed by atoms with Gasteiger partial charge in [0.1, 0.15) is 5.75 Å². The fourth-order valence-corrected chi connectivity index (χ4v) is 2.67. The lowest BCUT2D eigenvalue weighted by Crippen LogP contribution is -2.36. The molecule has 0 bridgehead atoms. The Balaban J connectivity index is 1.81. The van der Waals surface area contributed by atoms with Crippen molar-refractivity contribution in [3.05, 3.63) is 53.6 Å². The Labute approximate surface area is 154 Å². The highest BCUT2D eigenvalue weighted by molar-refractivity contribution is 5.94. The third-order valence-corrected chi connectivity index (χ3v) is 3.71. The van der Waals surface area contributed by atoms with Crippen molar-refractivity contribution in [1.82, 2.24) is 4.90 Å². The molecule has 138 valence electrons. The standard InChI is InChI=1S/C20H25N3O3/c1-14-9-15(2)11-17(10-14)22-20(25)13-23(3)12-19(24)21-16-5-7-18(26-4)8-6-16/h5-11H,12-13H2,1-4H3,(H,21,24)(H,22,25). The molecule has 0 saturated carbocycles. The number of likely N-dealkylation sites (N-methyl/N-ethyl adjacent to an activating group) is 1. The number of hydrogen-bond donors (Lipinski definition) is 2. The molecule has 0 spiro atoms. The smallest absolute Gasteiger partial charge is 0.238 e. The van der Waals surface area contributed by atoms with Crippen LogP contribution in [0.25, 0.3) is 0 Å². The first-order chi connectivity index (χ1) is 12.4. The first-order valence-corrected chi connectivity index (χ1v) is 8.36. The topological polar surface area (TPSA) is 70.7 Å². The molecule has 2 aromatic carbocycles. The van der Waals surface area contributed by atoms with Crippen molar-refractivity contribution in [3.63, 3.8) is 0 Å². The lowest BCUT2D eigenvalue weighted by Gasteiger charge is -2.16. The zero-order valence-corrected chi connectivity index (χ0v) is 15.6. The van der Waals surface area contributed by atoms with Crippen LogP contribution < -0.4 is 15.4 Å². The number of nitrogens with zero attached hydrogens (tertiary/aromatic N) is 1. The number of amides is 2. The minimum absolute atomic E-state index is 0.117. The molecule has 0 saturated heterocycles. The Morgan fingerprint density at radius 3 is 1.88 bits per heavy atom. The minimum Gasteiger partial charge on any atom is -0.497 e. The van der Waals surface area contributed by atoms with E-state index >= 15 is 0 Å². The second kappa shape index (κ2) is 9.01. The van der Waals surface area contributed by atoms with Gasteiger partial charge in [-0.15, -0.1) is 0 Å². The molecule has 2 aromatic rings. The number of methoxy groups -OCH3 is 1. The summed E-state index contributed by atoms with van der Waals surface area (Å²) < 4.78 is 5.08. The van der Waals surface area contributed by atoms with E-state index in [2.05, 4.69) is 10.6 Å². The van der Waals surface area contributed by atoms with Crippen LogP contribution in [0.2, 0.25) is 0 Å². The number of nitrogens with one attached hydrogen (secondary N) is 2. The van der Waals surface area contributed by atoms with Crippen LogP contribution in [0.3, 0.4) is 0 Å². The Hall–Kier alpha value is -2.86. The number of anilines is 2. The maximum absolute atomic E-state index is 12.2. The van der Waals surface area contributed by atoms with Crippen molar-refractivity contribution in [2.45, 2.75) is 13.8 Å². The highest BCUT2D eigenvalue weighted by Crippen LogP contribution is 2.15. The summed E-state index contributed by atoms with van der Waals surface area (Å²) >= 11 is 0. The molecule has 0 fully saturated rings. The van der Waals surface area contributed by atoms with E-state index in [1.807, 2.05) is 32.0 Å². The highest BCUT2D eigenvalue weighted by Gasteiger charge is 2.11. The molecule has 0 aliphatic heterocycles. The molecule has 2 amide bonds. The van der Waals surface area contributed by atoms with Crippen LogP contribution in [0.15, 0.2) is 42.5 Å². The number of rotatable bonds is 7. The maximum Gasteiger partial charge on any atom is 0.238 e. The van der Waals surface area contributed by atoms with Gasteiger partial charge in [0, 0.05) is 11.4 Å².